The number of hydrogen-bond donors (Lipinski definition) is 2. The molecule has 0 bridgehead atoms. The third-order valence-electron chi connectivity index (χ3n) is 2.64. The molecule has 11 heavy (non-hydrogen) atoms. The van der Waals surface area contributed by atoms with Crippen LogP contribution in [0.1, 0.15) is 32.6 Å². The average Bonchev–Trinajstić information content (AvgIpc) is 1.95. The van der Waals surface area contributed by atoms with Crippen molar-refractivity contribution in [2.24, 2.45) is 5.92 Å². The van der Waals surface area contributed by atoms with Gasteiger partial charge in [0.1, 0.15) is 0 Å². The van der Waals surface area contributed by atoms with Gasteiger partial charge in [-0.15, -0.1) is 0 Å². The van der Waals surface area contributed by atoms with E-state index in [0.29, 0.717) is 12.5 Å². The van der Waals surface area contributed by atoms with Crippen molar-refractivity contribution >= 4 is 0 Å². The summed E-state index contributed by atoms with van der Waals surface area (Å²) < 4.78 is 0. The molecule has 0 aromatic carbocycles. The fraction of sp³-hybridized carbons (Fsp3) is 1.00. The summed E-state index contributed by atoms with van der Waals surface area (Å²) in [6.45, 7) is 3.46. The number of aliphatic hydroxyl groups excluding tert-OH is 1. The summed E-state index contributed by atoms with van der Waals surface area (Å²) in [5.41, 5.74) is 0. The summed E-state index contributed by atoms with van der Waals surface area (Å²) in [5.74, 6) is 0.468. The first-order valence-electron chi connectivity index (χ1n) is 4.71. The number of aliphatic hydroxyl groups is 1. The quantitative estimate of drug-likeness (QED) is 0.627. The number of hydrogen-bond acceptors (Lipinski definition) is 2. The van der Waals surface area contributed by atoms with Crippen LogP contribution in [0.3, 0.4) is 0 Å². The van der Waals surface area contributed by atoms with Crippen LogP contribution >= 0.6 is 0 Å². The van der Waals surface area contributed by atoms with Gasteiger partial charge < -0.3 is 10.4 Å². The van der Waals surface area contributed by atoms with E-state index in [0.717, 1.165) is 19.0 Å². The molecular weight excluding hydrogens is 138 g/mol. The highest BCUT2D eigenvalue weighted by atomic mass is 16.3. The summed E-state index contributed by atoms with van der Waals surface area (Å²) in [4.78, 5) is 0. The van der Waals surface area contributed by atoms with Crippen molar-refractivity contribution in [3.63, 3.8) is 0 Å². The maximum absolute atomic E-state index is 8.89. The molecule has 1 fully saturated rings. The third kappa shape index (κ3) is 2.80. The normalized spacial score (nSPS) is 21.3. The van der Waals surface area contributed by atoms with E-state index in [1.807, 2.05) is 0 Å². The SMILES string of the molecule is CCC(CO)CNC1CCC1. The van der Waals surface area contributed by atoms with Gasteiger partial charge >= 0.3 is 0 Å². The zero-order valence-corrected chi connectivity index (χ0v) is 7.34. The van der Waals surface area contributed by atoms with Crippen molar-refractivity contribution in [1.82, 2.24) is 5.32 Å². The fourth-order valence-electron chi connectivity index (χ4n) is 1.28. The van der Waals surface area contributed by atoms with E-state index in [4.69, 9.17) is 5.11 Å². The van der Waals surface area contributed by atoms with Crippen LogP contribution < -0.4 is 5.32 Å². The zero-order valence-electron chi connectivity index (χ0n) is 7.34. The molecule has 1 atom stereocenters. The molecule has 1 saturated carbocycles. The molecule has 0 aliphatic heterocycles. The Labute approximate surface area is 69.0 Å². The Hall–Kier alpha value is -0.0800. The molecule has 0 heterocycles. The Balaban J connectivity index is 1.99. The Morgan fingerprint density at radius 3 is 2.64 bits per heavy atom. The molecule has 2 heteroatoms. The molecule has 2 N–H and O–H groups in total. The second-order valence-electron chi connectivity index (χ2n) is 3.49. The highest BCUT2D eigenvalue weighted by Crippen LogP contribution is 2.18. The Bertz CT molecular complexity index is 97.7. The van der Waals surface area contributed by atoms with Crippen molar-refractivity contribution in [3.05, 3.63) is 0 Å². The van der Waals surface area contributed by atoms with Crippen LogP contribution in [0.25, 0.3) is 0 Å². The first-order chi connectivity index (χ1) is 5.36. The maximum atomic E-state index is 8.89. The average molecular weight is 157 g/mol. The third-order valence-corrected chi connectivity index (χ3v) is 2.64. The second kappa shape index (κ2) is 4.73. The minimum absolute atomic E-state index is 0.330. The van der Waals surface area contributed by atoms with Crippen molar-refractivity contribution in [2.75, 3.05) is 13.2 Å². The zero-order chi connectivity index (χ0) is 8.10. The van der Waals surface area contributed by atoms with Gasteiger partial charge in [0.05, 0.1) is 0 Å². The molecule has 0 aromatic heterocycles. The largest absolute Gasteiger partial charge is 0.396 e. The minimum Gasteiger partial charge on any atom is -0.396 e. The van der Waals surface area contributed by atoms with Crippen LogP contribution in [0.5, 0.6) is 0 Å². The molecule has 1 aliphatic carbocycles. The summed E-state index contributed by atoms with van der Waals surface area (Å²) in [6, 6.07) is 0.760. The van der Waals surface area contributed by atoms with E-state index in [1.54, 1.807) is 0 Å². The predicted molar refractivity (Wildman–Crippen MR) is 46.5 cm³/mol. The topological polar surface area (TPSA) is 32.3 Å². The van der Waals surface area contributed by atoms with E-state index in [-0.39, 0.29) is 0 Å². The van der Waals surface area contributed by atoms with Crippen LogP contribution in [0, 0.1) is 5.92 Å². The Morgan fingerprint density at radius 2 is 2.27 bits per heavy atom. The highest BCUT2D eigenvalue weighted by molar-refractivity contribution is 4.77. The minimum atomic E-state index is 0.330. The summed E-state index contributed by atoms with van der Waals surface area (Å²) in [5, 5.41) is 12.4. The van der Waals surface area contributed by atoms with E-state index in [2.05, 4.69) is 12.2 Å². The number of nitrogens with one attached hydrogen (secondary N) is 1. The first-order valence-corrected chi connectivity index (χ1v) is 4.71. The first kappa shape index (κ1) is 9.01. The molecule has 0 saturated heterocycles. The monoisotopic (exact) mass is 157 g/mol. The maximum Gasteiger partial charge on any atom is 0.0471 e. The van der Waals surface area contributed by atoms with Gasteiger partial charge in [0.25, 0.3) is 0 Å². The van der Waals surface area contributed by atoms with Crippen LogP contribution in [-0.2, 0) is 0 Å². The highest BCUT2D eigenvalue weighted by Gasteiger charge is 2.17. The molecule has 0 radical (unpaired) electrons. The summed E-state index contributed by atoms with van der Waals surface area (Å²) >= 11 is 0. The smallest absolute Gasteiger partial charge is 0.0471 e. The van der Waals surface area contributed by atoms with E-state index < -0.39 is 0 Å². The molecule has 1 rings (SSSR count). The van der Waals surface area contributed by atoms with Gasteiger partial charge in [-0.05, 0) is 25.2 Å². The van der Waals surface area contributed by atoms with Crippen molar-refractivity contribution < 1.29 is 5.11 Å². The molecule has 1 unspecified atom stereocenters. The number of rotatable bonds is 5. The lowest BCUT2D eigenvalue weighted by Crippen LogP contribution is -2.38. The fourth-order valence-corrected chi connectivity index (χ4v) is 1.28. The molecule has 0 amide bonds. The van der Waals surface area contributed by atoms with Gasteiger partial charge in [-0.2, -0.15) is 0 Å². The standard InChI is InChI=1S/C9H19NO/c1-2-8(7-11)6-10-9-4-3-5-9/h8-11H,2-7H2,1H3. The molecular formula is C9H19NO. The van der Waals surface area contributed by atoms with E-state index in [1.165, 1.54) is 19.3 Å². The van der Waals surface area contributed by atoms with Crippen LogP contribution in [0.2, 0.25) is 0 Å². The van der Waals surface area contributed by atoms with Crippen LogP contribution in [0.15, 0.2) is 0 Å². The second-order valence-corrected chi connectivity index (χ2v) is 3.49. The van der Waals surface area contributed by atoms with Crippen molar-refractivity contribution in [2.45, 2.75) is 38.6 Å². The van der Waals surface area contributed by atoms with Gasteiger partial charge in [-0.25, -0.2) is 0 Å². The van der Waals surface area contributed by atoms with Gasteiger partial charge in [0.15, 0.2) is 0 Å². The Morgan fingerprint density at radius 1 is 1.55 bits per heavy atom. The van der Waals surface area contributed by atoms with Gasteiger partial charge in [0.2, 0.25) is 0 Å². The van der Waals surface area contributed by atoms with Crippen molar-refractivity contribution in [1.29, 1.82) is 0 Å². The van der Waals surface area contributed by atoms with Crippen LogP contribution in [-0.4, -0.2) is 24.3 Å². The molecule has 0 spiro atoms. The molecule has 0 aromatic rings. The summed E-state index contributed by atoms with van der Waals surface area (Å²) in [7, 11) is 0. The lowest BCUT2D eigenvalue weighted by molar-refractivity contribution is 0.206. The molecule has 2 nitrogen and oxygen atoms in total. The Kier molecular flexibility index (Phi) is 3.87. The lowest BCUT2D eigenvalue weighted by Gasteiger charge is -2.28. The predicted octanol–water partition coefficient (Wildman–Crippen LogP) is 1.15. The van der Waals surface area contributed by atoms with Crippen molar-refractivity contribution in [3.8, 4) is 0 Å². The molecule has 1 aliphatic rings. The summed E-state index contributed by atoms with van der Waals surface area (Å²) in [6.07, 6.45) is 5.13. The van der Waals surface area contributed by atoms with E-state index >= 15 is 0 Å². The van der Waals surface area contributed by atoms with Crippen LogP contribution in [0.4, 0.5) is 0 Å². The lowest BCUT2D eigenvalue weighted by atomic mass is 9.92. The van der Waals surface area contributed by atoms with Gasteiger partial charge in [-0.1, -0.05) is 13.3 Å². The van der Waals surface area contributed by atoms with Gasteiger partial charge in [0, 0.05) is 19.2 Å². The van der Waals surface area contributed by atoms with E-state index in [9.17, 15) is 0 Å². The van der Waals surface area contributed by atoms with Gasteiger partial charge in [-0.3, -0.25) is 0 Å². The molecule has 66 valence electrons.